The smallest absolute Gasteiger partial charge is 0.242 e. The van der Waals surface area contributed by atoms with E-state index in [4.69, 9.17) is 23.2 Å². The normalized spacial score (nSPS) is 11.7. The van der Waals surface area contributed by atoms with Gasteiger partial charge in [0.2, 0.25) is 11.8 Å². The Morgan fingerprint density at radius 1 is 1.03 bits per heavy atom. The van der Waals surface area contributed by atoms with Crippen molar-refractivity contribution in [2.24, 2.45) is 0 Å². The second-order valence-corrected chi connectivity index (χ2v) is 8.37. The fourth-order valence-electron chi connectivity index (χ4n) is 2.96. The van der Waals surface area contributed by atoms with Crippen LogP contribution in [0.5, 0.6) is 0 Å². The maximum atomic E-state index is 13.0. The third-order valence-electron chi connectivity index (χ3n) is 4.41. The monoisotopic (exact) mass is 452 g/mol. The van der Waals surface area contributed by atoms with Crippen LogP contribution in [0.15, 0.2) is 48.5 Å². The van der Waals surface area contributed by atoms with Crippen molar-refractivity contribution in [1.82, 2.24) is 10.2 Å². The summed E-state index contributed by atoms with van der Waals surface area (Å²) in [6, 6.07) is 14.7. The Morgan fingerprint density at radius 2 is 1.76 bits per heavy atom. The molecule has 4 nitrogen and oxygen atoms in total. The number of hydrogen-bond donors (Lipinski definition) is 1. The zero-order valence-electron chi connectivity index (χ0n) is 16.7. The Bertz CT molecular complexity index is 818. The highest BCUT2D eigenvalue weighted by Crippen LogP contribution is 2.25. The van der Waals surface area contributed by atoms with Gasteiger partial charge in [0.05, 0.1) is 15.8 Å². The van der Waals surface area contributed by atoms with Crippen LogP contribution in [0.4, 0.5) is 0 Å². The third-order valence-corrected chi connectivity index (χ3v) is 6.14. The first-order chi connectivity index (χ1) is 14.0. The number of nitrogens with zero attached hydrogens (tertiary/aromatic N) is 1. The molecule has 1 N–H and O–H groups in total. The number of rotatable bonds is 10. The molecule has 0 bridgehead atoms. The summed E-state index contributed by atoms with van der Waals surface area (Å²) in [4.78, 5) is 27.3. The van der Waals surface area contributed by atoms with E-state index in [0.717, 1.165) is 11.1 Å². The maximum Gasteiger partial charge on any atom is 0.242 e. The molecule has 0 aliphatic heterocycles. The van der Waals surface area contributed by atoms with Crippen LogP contribution in [-0.4, -0.2) is 35.1 Å². The number of thioether (sulfide) groups is 1. The quantitative estimate of drug-likeness (QED) is 0.540. The SMILES string of the molecule is CCNC(=O)[C@H](CC)N(Cc1ccccc1)C(=O)CSCc1ccc(Cl)c(Cl)c1. The Labute approximate surface area is 187 Å². The number of nitrogens with one attached hydrogen (secondary N) is 1. The van der Waals surface area contributed by atoms with Gasteiger partial charge in [-0.05, 0) is 36.6 Å². The van der Waals surface area contributed by atoms with Crippen LogP contribution >= 0.6 is 35.0 Å². The highest BCUT2D eigenvalue weighted by atomic mass is 35.5. The van der Waals surface area contributed by atoms with Crippen molar-refractivity contribution in [3.05, 3.63) is 69.7 Å². The first-order valence-corrected chi connectivity index (χ1v) is 11.5. The molecule has 0 unspecified atom stereocenters. The lowest BCUT2D eigenvalue weighted by atomic mass is 10.1. The fraction of sp³-hybridized carbons (Fsp3) is 0.364. The van der Waals surface area contributed by atoms with Crippen molar-refractivity contribution in [2.75, 3.05) is 12.3 Å². The number of benzene rings is 2. The minimum atomic E-state index is -0.492. The topological polar surface area (TPSA) is 49.4 Å². The first-order valence-electron chi connectivity index (χ1n) is 9.59. The molecule has 2 amide bonds. The molecule has 1 atom stereocenters. The summed E-state index contributed by atoms with van der Waals surface area (Å²) < 4.78 is 0. The highest BCUT2D eigenvalue weighted by Gasteiger charge is 2.28. The molecule has 156 valence electrons. The molecular weight excluding hydrogens is 427 g/mol. The van der Waals surface area contributed by atoms with Gasteiger partial charge in [0.1, 0.15) is 6.04 Å². The molecule has 0 radical (unpaired) electrons. The van der Waals surface area contributed by atoms with E-state index in [2.05, 4.69) is 5.32 Å². The summed E-state index contributed by atoms with van der Waals surface area (Å²) in [5, 5.41) is 3.86. The molecule has 29 heavy (non-hydrogen) atoms. The summed E-state index contributed by atoms with van der Waals surface area (Å²) in [5.74, 6) is 0.744. The highest BCUT2D eigenvalue weighted by molar-refractivity contribution is 7.99. The van der Waals surface area contributed by atoms with Gasteiger partial charge in [-0.15, -0.1) is 11.8 Å². The van der Waals surface area contributed by atoms with Crippen LogP contribution in [0.2, 0.25) is 10.0 Å². The molecule has 7 heteroatoms. The standard InChI is InChI=1S/C22H26Cl2N2O2S/c1-3-20(22(28)25-4-2)26(13-16-8-6-5-7-9-16)21(27)15-29-14-17-10-11-18(23)19(24)12-17/h5-12,20H,3-4,13-15H2,1-2H3,(H,25,28)/t20-/m0/s1. The molecule has 0 heterocycles. The Kier molecular flexibility index (Phi) is 9.85. The van der Waals surface area contributed by atoms with Gasteiger partial charge in [0, 0.05) is 18.8 Å². The van der Waals surface area contributed by atoms with Gasteiger partial charge in [0.15, 0.2) is 0 Å². The van der Waals surface area contributed by atoms with Crippen molar-refractivity contribution in [3.8, 4) is 0 Å². The van der Waals surface area contributed by atoms with E-state index in [1.54, 1.807) is 11.0 Å². The second kappa shape index (κ2) is 12.1. The van der Waals surface area contributed by atoms with E-state index in [1.165, 1.54) is 11.8 Å². The summed E-state index contributed by atoms with van der Waals surface area (Å²) in [5.41, 5.74) is 2.00. The van der Waals surface area contributed by atoms with Crippen molar-refractivity contribution in [2.45, 2.75) is 38.6 Å². The van der Waals surface area contributed by atoms with Gasteiger partial charge in [-0.3, -0.25) is 9.59 Å². The minimum Gasteiger partial charge on any atom is -0.355 e. The Balaban J connectivity index is 2.08. The molecule has 2 rings (SSSR count). The third kappa shape index (κ3) is 7.25. The first kappa shape index (κ1) is 23.6. The van der Waals surface area contributed by atoms with Crippen LogP contribution in [0.25, 0.3) is 0 Å². The maximum absolute atomic E-state index is 13.0. The van der Waals surface area contributed by atoms with E-state index >= 15 is 0 Å². The van der Waals surface area contributed by atoms with Gasteiger partial charge in [-0.1, -0.05) is 66.5 Å². The molecule has 0 aromatic heterocycles. The Morgan fingerprint density at radius 3 is 2.38 bits per heavy atom. The molecule has 0 saturated carbocycles. The number of likely N-dealkylation sites (N-methyl/N-ethyl adjacent to an activating group) is 1. The number of amides is 2. The van der Waals surface area contributed by atoms with Crippen LogP contribution in [0, 0.1) is 0 Å². The molecule has 0 spiro atoms. The van der Waals surface area contributed by atoms with E-state index < -0.39 is 6.04 Å². The van der Waals surface area contributed by atoms with E-state index in [1.807, 2.05) is 56.3 Å². The predicted molar refractivity (Wildman–Crippen MR) is 122 cm³/mol. The van der Waals surface area contributed by atoms with Gasteiger partial charge in [-0.25, -0.2) is 0 Å². The summed E-state index contributed by atoms with van der Waals surface area (Å²) in [7, 11) is 0. The van der Waals surface area contributed by atoms with E-state index in [9.17, 15) is 9.59 Å². The molecule has 0 saturated heterocycles. The summed E-state index contributed by atoms with van der Waals surface area (Å²) >= 11 is 13.5. The summed E-state index contributed by atoms with van der Waals surface area (Å²) in [6.07, 6.45) is 0.557. The van der Waals surface area contributed by atoms with Crippen molar-refractivity contribution in [3.63, 3.8) is 0 Å². The summed E-state index contributed by atoms with van der Waals surface area (Å²) in [6.45, 7) is 4.74. The second-order valence-electron chi connectivity index (χ2n) is 6.57. The molecule has 2 aromatic rings. The average Bonchev–Trinajstić information content (AvgIpc) is 2.71. The van der Waals surface area contributed by atoms with E-state index in [0.29, 0.717) is 35.3 Å². The van der Waals surface area contributed by atoms with Crippen LogP contribution in [0.3, 0.4) is 0 Å². The predicted octanol–water partition coefficient (Wildman–Crippen LogP) is 5.17. The zero-order valence-corrected chi connectivity index (χ0v) is 19.0. The minimum absolute atomic E-state index is 0.0583. The average molecular weight is 453 g/mol. The lowest BCUT2D eigenvalue weighted by Crippen LogP contribution is -2.49. The molecule has 0 fully saturated rings. The van der Waals surface area contributed by atoms with Gasteiger partial charge in [0.25, 0.3) is 0 Å². The lowest BCUT2D eigenvalue weighted by molar-refractivity contribution is -0.139. The number of carbonyl (C=O) groups excluding carboxylic acids is 2. The number of carbonyl (C=O) groups is 2. The molecular formula is C22H26Cl2N2O2S. The lowest BCUT2D eigenvalue weighted by Gasteiger charge is -2.30. The Hall–Kier alpha value is -1.69. The number of halogens is 2. The van der Waals surface area contributed by atoms with Gasteiger partial charge >= 0.3 is 0 Å². The van der Waals surface area contributed by atoms with Gasteiger partial charge < -0.3 is 10.2 Å². The molecule has 2 aromatic carbocycles. The van der Waals surface area contributed by atoms with Crippen LogP contribution < -0.4 is 5.32 Å². The fourth-order valence-corrected chi connectivity index (χ4v) is 4.14. The van der Waals surface area contributed by atoms with Crippen LogP contribution in [0.1, 0.15) is 31.4 Å². The largest absolute Gasteiger partial charge is 0.355 e. The number of hydrogen-bond acceptors (Lipinski definition) is 3. The van der Waals surface area contributed by atoms with E-state index in [-0.39, 0.29) is 17.6 Å². The van der Waals surface area contributed by atoms with Crippen LogP contribution in [-0.2, 0) is 21.9 Å². The van der Waals surface area contributed by atoms with Crippen molar-refractivity contribution < 1.29 is 9.59 Å². The van der Waals surface area contributed by atoms with Gasteiger partial charge in [-0.2, -0.15) is 0 Å². The molecule has 0 aliphatic rings. The van der Waals surface area contributed by atoms with Crippen molar-refractivity contribution in [1.29, 1.82) is 0 Å². The van der Waals surface area contributed by atoms with Crippen molar-refractivity contribution >= 4 is 46.8 Å². The zero-order chi connectivity index (χ0) is 21.2. The molecule has 0 aliphatic carbocycles.